The topological polar surface area (TPSA) is 153 Å². The molecule has 0 amide bonds. The molecule has 0 fully saturated rings. The van der Waals surface area contributed by atoms with E-state index < -0.39 is 11.9 Å². The summed E-state index contributed by atoms with van der Waals surface area (Å²) in [7, 11) is 2.52. The van der Waals surface area contributed by atoms with E-state index in [4.69, 9.17) is 17.1 Å². The van der Waals surface area contributed by atoms with E-state index in [9.17, 15) is 9.59 Å². The second-order valence-electron chi connectivity index (χ2n) is 3.66. The van der Waals surface area contributed by atoms with E-state index in [2.05, 4.69) is 39.4 Å². The minimum Gasteiger partial charge on any atom is -0.464 e. The summed E-state index contributed by atoms with van der Waals surface area (Å²) in [6.07, 6.45) is 4.91. The van der Waals surface area contributed by atoms with Gasteiger partial charge in [-0.25, -0.2) is 24.5 Å². The summed E-state index contributed by atoms with van der Waals surface area (Å²) in [5, 5.41) is 3.44. The van der Waals surface area contributed by atoms with Gasteiger partial charge in [0.2, 0.25) is 0 Å². The van der Waals surface area contributed by atoms with Crippen LogP contribution in [0.25, 0.3) is 10.4 Å². The fraction of sp³-hybridized carbons (Fsp3) is 0.167. The molecular formula is C12H10ClN7O4. The Bertz CT molecular complexity index is 745. The number of azide groups is 1. The van der Waals surface area contributed by atoms with Crippen molar-refractivity contribution in [1.82, 2.24) is 19.9 Å². The maximum Gasteiger partial charge on any atom is 0.358 e. The van der Waals surface area contributed by atoms with Crippen LogP contribution in [0.3, 0.4) is 0 Å². The number of hydrogen-bond acceptors (Lipinski definition) is 9. The van der Waals surface area contributed by atoms with Gasteiger partial charge in [-0.05, 0) is 10.6 Å². The molecule has 2 aromatic heterocycles. The first kappa shape index (κ1) is 18.7. The second kappa shape index (κ2) is 9.66. The van der Waals surface area contributed by atoms with Crippen molar-refractivity contribution in [3.05, 3.63) is 51.8 Å². The first-order valence-corrected chi connectivity index (χ1v) is 6.41. The van der Waals surface area contributed by atoms with Gasteiger partial charge in [-0.2, -0.15) is 0 Å². The molecule has 124 valence electrons. The Kier molecular flexibility index (Phi) is 7.55. The number of aromatic nitrogens is 4. The zero-order valence-electron chi connectivity index (χ0n) is 12.5. The molecule has 2 aromatic rings. The minimum absolute atomic E-state index is 0.0689. The van der Waals surface area contributed by atoms with Crippen LogP contribution in [0.5, 0.6) is 0 Å². The number of esters is 2. The fourth-order valence-corrected chi connectivity index (χ4v) is 1.25. The first-order chi connectivity index (χ1) is 11.5. The molecule has 0 radical (unpaired) electrons. The van der Waals surface area contributed by atoms with Gasteiger partial charge in [0.25, 0.3) is 0 Å². The molecule has 0 spiro atoms. The maximum atomic E-state index is 10.9. The van der Waals surface area contributed by atoms with Gasteiger partial charge in [-0.15, -0.1) is 0 Å². The average molecular weight is 352 g/mol. The Balaban J connectivity index is 0.000000243. The van der Waals surface area contributed by atoms with Crippen molar-refractivity contribution in [2.75, 3.05) is 14.2 Å². The van der Waals surface area contributed by atoms with Crippen LogP contribution in [0.1, 0.15) is 21.0 Å². The Morgan fingerprint density at radius 3 is 1.92 bits per heavy atom. The lowest BCUT2D eigenvalue weighted by molar-refractivity contribution is 0.0584. The molecule has 0 unspecified atom stereocenters. The standard InChI is InChI=1S/C6H5ClN2O2.C6H5N5O2/c1-11-6(10)4-2-9-5(7)3-8-4;1-13-6(12)4-2-9-5(3-8-4)10-11-7/h2-3H,1H3;2-3H,1H3. The molecule has 11 nitrogen and oxygen atoms in total. The van der Waals surface area contributed by atoms with Gasteiger partial charge in [-0.3, -0.25) is 4.98 Å². The molecule has 0 saturated carbocycles. The van der Waals surface area contributed by atoms with Crippen LogP contribution in [0.2, 0.25) is 5.15 Å². The van der Waals surface area contributed by atoms with Crippen molar-refractivity contribution >= 4 is 29.4 Å². The lowest BCUT2D eigenvalue weighted by atomic mass is 10.4. The molecule has 0 aliphatic heterocycles. The molecular weight excluding hydrogens is 342 g/mol. The fourth-order valence-electron chi connectivity index (χ4n) is 1.15. The summed E-state index contributed by atoms with van der Waals surface area (Å²) >= 11 is 5.43. The third kappa shape index (κ3) is 5.83. The van der Waals surface area contributed by atoms with Crippen molar-refractivity contribution in [2.24, 2.45) is 5.11 Å². The number of carbonyl (C=O) groups excluding carboxylic acids is 2. The van der Waals surface area contributed by atoms with Crippen LogP contribution in [0, 0.1) is 0 Å². The number of carbonyl (C=O) groups is 2. The number of methoxy groups -OCH3 is 2. The predicted molar refractivity (Wildman–Crippen MR) is 80.6 cm³/mol. The molecule has 0 bridgehead atoms. The Labute approximate surface area is 140 Å². The summed E-state index contributed by atoms with van der Waals surface area (Å²) < 4.78 is 8.78. The van der Waals surface area contributed by atoms with Gasteiger partial charge >= 0.3 is 11.9 Å². The molecule has 2 heterocycles. The smallest absolute Gasteiger partial charge is 0.358 e. The van der Waals surface area contributed by atoms with Crippen LogP contribution >= 0.6 is 11.6 Å². The first-order valence-electron chi connectivity index (χ1n) is 6.03. The monoisotopic (exact) mass is 351 g/mol. The third-order valence-electron chi connectivity index (χ3n) is 2.19. The molecule has 0 aromatic carbocycles. The van der Waals surface area contributed by atoms with Crippen molar-refractivity contribution < 1.29 is 19.1 Å². The van der Waals surface area contributed by atoms with E-state index in [1.54, 1.807) is 0 Å². The van der Waals surface area contributed by atoms with Crippen LogP contribution < -0.4 is 0 Å². The Morgan fingerprint density at radius 2 is 1.54 bits per heavy atom. The van der Waals surface area contributed by atoms with Gasteiger partial charge in [0.05, 0.1) is 39.0 Å². The minimum atomic E-state index is -0.583. The summed E-state index contributed by atoms with van der Waals surface area (Å²) in [5.74, 6) is -0.996. The molecule has 0 saturated heterocycles. The van der Waals surface area contributed by atoms with Crippen molar-refractivity contribution in [2.45, 2.75) is 0 Å². The largest absolute Gasteiger partial charge is 0.464 e. The summed E-state index contributed by atoms with van der Waals surface area (Å²) in [4.78, 5) is 38.8. The molecule has 0 atom stereocenters. The predicted octanol–water partition coefficient (Wildman–Crippen LogP) is 2.12. The number of nitrogens with zero attached hydrogens (tertiary/aromatic N) is 7. The Morgan fingerprint density at radius 1 is 1.00 bits per heavy atom. The van der Waals surface area contributed by atoms with E-state index in [0.29, 0.717) is 0 Å². The number of hydrogen-bond donors (Lipinski definition) is 0. The van der Waals surface area contributed by atoms with E-state index in [0.717, 1.165) is 0 Å². The van der Waals surface area contributed by atoms with Gasteiger partial charge in [-0.1, -0.05) is 11.6 Å². The van der Waals surface area contributed by atoms with Crippen LogP contribution in [-0.2, 0) is 9.47 Å². The molecule has 2 rings (SSSR count). The van der Waals surface area contributed by atoms with Crippen LogP contribution in [-0.4, -0.2) is 46.1 Å². The SMILES string of the molecule is COC(=O)c1cnc(Cl)cn1.COC(=O)c1cnc(N=[N+]=[N-])cn1. The zero-order valence-corrected chi connectivity index (χ0v) is 13.2. The number of ether oxygens (including phenoxy) is 2. The van der Waals surface area contributed by atoms with E-state index in [1.807, 2.05) is 0 Å². The molecule has 12 heteroatoms. The third-order valence-corrected chi connectivity index (χ3v) is 2.39. The van der Waals surface area contributed by atoms with Gasteiger partial charge in [0.1, 0.15) is 11.0 Å². The highest BCUT2D eigenvalue weighted by molar-refractivity contribution is 6.29. The van der Waals surface area contributed by atoms with E-state index in [1.165, 1.54) is 39.0 Å². The summed E-state index contributed by atoms with van der Waals surface area (Å²) in [5.41, 5.74) is 8.26. The molecule has 0 aliphatic rings. The van der Waals surface area contributed by atoms with Crippen LogP contribution in [0.4, 0.5) is 5.82 Å². The number of halogens is 1. The van der Waals surface area contributed by atoms with Crippen LogP contribution in [0.15, 0.2) is 29.9 Å². The van der Waals surface area contributed by atoms with E-state index in [-0.39, 0.29) is 22.4 Å². The average Bonchev–Trinajstić information content (AvgIpc) is 2.62. The van der Waals surface area contributed by atoms with Gasteiger partial charge < -0.3 is 9.47 Å². The van der Waals surface area contributed by atoms with Crippen molar-refractivity contribution in [1.29, 1.82) is 0 Å². The Hall–Kier alpha value is -3.30. The molecule has 24 heavy (non-hydrogen) atoms. The van der Waals surface area contributed by atoms with Crippen molar-refractivity contribution in [3.63, 3.8) is 0 Å². The van der Waals surface area contributed by atoms with Gasteiger partial charge in [0, 0.05) is 4.91 Å². The highest BCUT2D eigenvalue weighted by Crippen LogP contribution is 2.05. The number of rotatable bonds is 3. The maximum absolute atomic E-state index is 10.9. The van der Waals surface area contributed by atoms with E-state index >= 15 is 0 Å². The highest BCUT2D eigenvalue weighted by atomic mass is 35.5. The molecule has 0 aliphatic carbocycles. The van der Waals surface area contributed by atoms with Crippen molar-refractivity contribution in [3.8, 4) is 0 Å². The lowest BCUT2D eigenvalue weighted by Crippen LogP contribution is -2.04. The normalized spacial score (nSPS) is 8.96. The zero-order chi connectivity index (χ0) is 17.9. The van der Waals surface area contributed by atoms with Gasteiger partial charge in [0.15, 0.2) is 11.4 Å². The quantitative estimate of drug-likeness (QED) is 0.352. The highest BCUT2D eigenvalue weighted by Gasteiger charge is 2.06. The summed E-state index contributed by atoms with van der Waals surface area (Å²) in [6.45, 7) is 0. The second-order valence-corrected chi connectivity index (χ2v) is 4.04. The lowest BCUT2D eigenvalue weighted by Gasteiger charge is -1.96. The molecule has 0 N–H and O–H groups in total. The summed E-state index contributed by atoms with van der Waals surface area (Å²) in [6, 6.07) is 0.